The fourth-order valence-corrected chi connectivity index (χ4v) is 2.33. The highest BCUT2D eigenvalue weighted by Crippen LogP contribution is 2.27. The lowest BCUT2D eigenvalue weighted by Crippen LogP contribution is -2.49. The van der Waals surface area contributed by atoms with Gasteiger partial charge >= 0.3 is 0 Å². The largest absolute Gasteiger partial charge is 0.320 e. The van der Waals surface area contributed by atoms with Crippen molar-refractivity contribution < 1.29 is 0 Å². The standard InChI is InChI=1S/C12H17ClN2/c1-12(14,11-3-2-8-15-11)9-4-6-10(13)7-5-9/h4-7,11,15H,2-3,8,14H2,1H3/t11-,12?/m0/s1. The van der Waals surface area contributed by atoms with Crippen molar-refractivity contribution in [3.8, 4) is 0 Å². The minimum atomic E-state index is -0.304. The first-order valence-electron chi connectivity index (χ1n) is 5.39. The fraction of sp³-hybridized carbons (Fsp3) is 0.500. The molecular formula is C12H17ClN2. The van der Waals surface area contributed by atoms with E-state index in [9.17, 15) is 0 Å². The van der Waals surface area contributed by atoms with Crippen LogP contribution in [0.25, 0.3) is 0 Å². The fourth-order valence-electron chi connectivity index (χ4n) is 2.21. The summed E-state index contributed by atoms with van der Waals surface area (Å²) in [6, 6.07) is 8.21. The van der Waals surface area contributed by atoms with Crippen LogP contribution in [-0.2, 0) is 5.54 Å². The molecule has 15 heavy (non-hydrogen) atoms. The summed E-state index contributed by atoms with van der Waals surface area (Å²) in [5.74, 6) is 0. The van der Waals surface area contributed by atoms with Gasteiger partial charge in [-0.3, -0.25) is 0 Å². The molecule has 0 amide bonds. The van der Waals surface area contributed by atoms with Gasteiger partial charge in [0, 0.05) is 11.1 Å². The van der Waals surface area contributed by atoms with Gasteiger partial charge in [-0.1, -0.05) is 23.7 Å². The molecular weight excluding hydrogens is 208 g/mol. The normalized spacial score (nSPS) is 25.1. The van der Waals surface area contributed by atoms with E-state index in [2.05, 4.69) is 12.2 Å². The number of halogens is 1. The lowest BCUT2D eigenvalue weighted by molar-refractivity contribution is 0.357. The molecule has 1 fully saturated rings. The maximum atomic E-state index is 6.39. The van der Waals surface area contributed by atoms with Gasteiger partial charge in [-0.15, -0.1) is 0 Å². The van der Waals surface area contributed by atoms with Gasteiger partial charge in [-0.05, 0) is 44.0 Å². The van der Waals surface area contributed by atoms with Gasteiger partial charge < -0.3 is 11.1 Å². The summed E-state index contributed by atoms with van der Waals surface area (Å²) < 4.78 is 0. The second kappa shape index (κ2) is 4.12. The number of nitrogens with two attached hydrogens (primary N) is 1. The molecule has 0 aliphatic carbocycles. The highest BCUT2D eigenvalue weighted by atomic mass is 35.5. The molecule has 0 radical (unpaired) electrons. The monoisotopic (exact) mass is 224 g/mol. The van der Waals surface area contributed by atoms with E-state index in [-0.39, 0.29) is 5.54 Å². The third kappa shape index (κ3) is 2.17. The molecule has 3 heteroatoms. The minimum absolute atomic E-state index is 0.304. The Morgan fingerprint density at radius 1 is 1.40 bits per heavy atom. The molecule has 1 unspecified atom stereocenters. The summed E-state index contributed by atoms with van der Waals surface area (Å²) in [6.07, 6.45) is 2.36. The average Bonchev–Trinajstić information content (AvgIpc) is 2.71. The zero-order chi connectivity index (χ0) is 10.9. The minimum Gasteiger partial charge on any atom is -0.320 e. The van der Waals surface area contributed by atoms with E-state index in [1.54, 1.807) is 0 Å². The highest BCUT2D eigenvalue weighted by Gasteiger charge is 2.33. The molecule has 2 rings (SSSR count). The molecule has 0 spiro atoms. The number of hydrogen-bond donors (Lipinski definition) is 2. The molecule has 0 bridgehead atoms. The van der Waals surface area contributed by atoms with Gasteiger partial charge in [0.2, 0.25) is 0 Å². The zero-order valence-electron chi connectivity index (χ0n) is 8.96. The van der Waals surface area contributed by atoms with Gasteiger partial charge in [0.05, 0.1) is 5.54 Å². The average molecular weight is 225 g/mol. The Balaban J connectivity index is 2.23. The van der Waals surface area contributed by atoms with Gasteiger partial charge in [0.1, 0.15) is 0 Å². The van der Waals surface area contributed by atoms with Gasteiger partial charge in [0.15, 0.2) is 0 Å². The van der Waals surface area contributed by atoms with E-state index >= 15 is 0 Å². The zero-order valence-corrected chi connectivity index (χ0v) is 9.72. The van der Waals surface area contributed by atoms with E-state index in [4.69, 9.17) is 17.3 Å². The Morgan fingerprint density at radius 2 is 2.07 bits per heavy atom. The van der Waals surface area contributed by atoms with E-state index < -0.39 is 0 Å². The maximum absolute atomic E-state index is 6.39. The summed E-state index contributed by atoms with van der Waals surface area (Å²) in [5, 5.41) is 4.21. The second-order valence-electron chi connectivity index (χ2n) is 4.44. The van der Waals surface area contributed by atoms with Crippen LogP contribution in [0.5, 0.6) is 0 Å². The van der Waals surface area contributed by atoms with Crippen LogP contribution in [0, 0.1) is 0 Å². The summed E-state index contributed by atoms with van der Waals surface area (Å²) in [7, 11) is 0. The summed E-state index contributed by atoms with van der Waals surface area (Å²) >= 11 is 5.86. The lowest BCUT2D eigenvalue weighted by atomic mass is 9.85. The second-order valence-corrected chi connectivity index (χ2v) is 4.87. The predicted molar refractivity (Wildman–Crippen MR) is 64.0 cm³/mol. The van der Waals surface area contributed by atoms with Crippen LogP contribution in [0.3, 0.4) is 0 Å². The molecule has 1 aromatic rings. The van der Waals surface area contributed by atoms with Crippen LogP contribution in [0.2, 0.25) is 5.02 Å². The smallest absolute Gasteiger partial charge is 0.0536 e. The summed E-state index contributed by atoms with van der Waals surface area (Å²) in [4.78, 5) is 0. The molecule has 2 atom stereocenters. The van der Waals surface area contributed by atoms with Gasteiger partial charge in [-0.2, -0.15) is 0 Å². The van der Waals surface area contributed by atoms with Crippen LogP contribution in [0.15, 0.2) is 24.3 Å². The lowest BCUT2D eigenvalue weighted by Gasteiger charge is -2.32. The van der Waals surface area contributed by atoms with Crippen molar-refractivity contribution in [2.75, 3.05) is 6.54 Å². The van der Waals surface area contributed by atoms with Gasteiger partial charge in [0.25, 0.3) is 0 Å². The van der Waals surface area contributed by atoms with Crippen molar-refractivity contribution in [1.82, 2.24) is 5.32 Å². The Labute approximate surface area is 95.8 Å². The van der Waals surface area contributed by atoms with Gasteiger partial charge in [-0.25, -0.2) is 0 Å². The van der Waals surface area contributed by atoms with Crippen molar-refractivity contribution in [3.63, 3.8) is 0 Å². The Morgan fingerprint density at radius 3 is 2.60 bits per heavy atom. The third-order valence-electron chi connectivity index (χ3n) is 3.25. The first-order valence-corrected chi connectivity index (χ1v) is 5.77. The molecule has 3 N–H and O–H groups in total. The molecule has 82 valence electrons. The van der Waals surface area contributed by atoms with Crippen molar-refractivity contribution in [2.24, 2.45) is 5.73 Å². The van der Waals surface area contributed by atoms with Crippen LogP contribution < -0.4 is 11.1 Å². The van der Waals surface area contributed by atoms with E-state index in [0.29, 0.717) is 6.04 Å². The molecule has 2 nitrogen and oxygen atoms in total. The molecule has 1 aliphatic heterocycles. The van der Waals surface area contributed by atoms with Crippen molar-refractivity contribution in [1.29, 1.82) is 0 Å². The van der Waals surface area contributed by atoms with Crippen LogP contribution in [0.1, 0.15) is 25.3 Å². The third-order valence-corrected chi connectivity index (χ3v) is 3.50. The molecule has 0 aromatic heterocycles. The summed E-state index contributed by atoms with van der Waals surface area (Å²) in [6.45, 7) is 3.16. The molecule has 0 saturated carbocycles. The van der Waals surface area contributed by atoms with Crippen LogP contribution in [0.4, 0.5) is 0 Å². The Hall–Kier alpha value is -0.570. The van der Waals surface area contributed by atoms with E-state index in [1.807, 2.05) is 24.3 Å². The van der Waals surface area contributed by atoms with E-state index in [1.165, 1.54) is 6.42 Å². The SMILES string of the molecule is CC(N)(c1ccc(Cl)cc1)[C@@H]1CCCN1. The number of nitrogens with one attached hydrogen (secondary N) is 1. The molecule has 1 heterocycles. The van der Waals surface area contributed by atoms with Crippen LogP contribution >= 0.6 is 11.6 Å². The predicted octanol–water partition coefficient (Wildman–Crippen LogP) is 2.27. The van der Waals surface area contributed by atoms with E-state index in [0.717, 1.165) is 23.6 Å². The Kier molecular flexibility index (Phi) is 3.01. The molecule has 1 aromatic carbocycles. The Bertz CT molecular complexity index is 326. The van der Waals surface area contributed by atoms with Crippen molar-refractivity contribution in [2.45, 2.75) is 31.3 Å². The van der Waals surface area contributed by atoms with Crippen molar-refractivity contribution >= 4 is 11.6 Å². The number of hydrogen-bond acceptors (Lipinski definition) is 2. The number of rotatable bonds is 2. The first-order chi connectivity index (χ1) is 7.10. The topological polar surface area (TPSA) is 38.0 Å². The highest BCUT2D eigenvalue weighted by molar-refractivity contribution is 6.30. The first kappa shape index (κ1) is 10.9. The van der Waals surface area contributed by atoms with Crippen LogP contribution in [-0.4, -0.2) is 12.6 Å². The summed E-state index contributed by atoms with van der Waals surface area (Å²) in [5.41, 5.74) is 7.23. The molecule has 1 saturated heterocycles. The maximum Gasteiger partial charge on any atom is 0.0536 e. The quantitative estimate of drug-likeness (QED) is 0.809. The number of benzene rings is 1. The molecule has 1 aliphatic rings. The van der Waals surface area contributed by atoms with Crippen molar-refractivity contribution in [3.05, 3.63) is 34.9 Å².